The van der Waals surface area contributed by atoms with Gasteiger partial charge in [0.05, 0.1) is 10.4 Å². The van der Waals surface area contributed by atoms with Gasteiger partial charge in [0, 0.05) is 43.6 Å². The molecule has 0 saturated carbocycles. The summed E-state index contributed by atoms with van der Waals surface area (Å²) < 4.78 is 27.7. The highest BCUT2D eigenvalue weighted by Gasteiger charge is 2.26. The molecule has 152 valence electrons. The van der Waals surface area contributed by atoms with Crippen molar-refractivity contribution in [2.24, 2.45) is 0 Å². The van der Waals surface area contributed by atoms with Crippen molar-refractivity contribution < 1.29 is 8.42 Å². The Bertz CT molecular complexity index is 1130. The Morgan fingerprint density at radius 3 is 2.31 bits per heavy atom. The van der Waals surface area contributed by atoms with Crippen LogP contribution in [0.4, 0.5) is 11.8 Å². The first-order valence-corrected chi connectivity index (χ1v) is 11.1. The Morgan fingerprint density at radius 1 is 0.966 bits per heavy atom. The van der Waals surface area contributed by atoms with Crippen molar-refractivity contribution in [3.8, 4) is 0 Å². The number of fused-ring (bicyclic) bond motifs is 1. The van der Waals surface area contributed by atoms with Gasteiger partial charge in [-0.25, -0.2) is 13.4 Å². The van der Waals surface area contributed by atoms with Crippen LogP contribution >= 0.6 is 11.6 Å². The van der Waals surface area contributed by atoms with Gasteiger partial charge in [-0.1, -0.05) is 23.7 Å². The van der Waals surface area contributed by atoms with E-state index in [1.807, 2.05) is 24.3 Å². The molecule has 0 amide bonds. The third-order valence-corrected chi connectivity index (χ3v) is 7.14. The van der Waals surface area contributed by atoms with Crippen LogP contribution in [0.15, 0.2) is 53.4 Å². The summed E-state index contributed by atoms with van der Waals surface area (Å²) in [5, 5.41) is 1.17. The van der Waals surface area contributed by atoms with E-state index in [1.54, 1.807) is 12.1 Å². The van der Waals surface area contributed by atoms with Crippen molar-refractivity contribution in [2.45, 2.75) is 4.90 Å². The minimum absolute atomic E-state index is 0.160. The Labute approximate surface area is 175 Å². The second-order valence-corrected chi connectivity index (χ2v) is 9.49. The molecule has 0 bridgehead atoms. The number of likely N-dealkylation sites (N-methyl/N-ethyl adjacent to an activating group) is 1. The average molecular weight is 432 g/mol. The third kappa shape index (κ3) is 3.88. The lowest BCUT2D eigenvalue weighted by Crippen LogP contribution is -2.45. The second kappa shape index (κ2) is 7.78. The van der Waals surface area contributed by atoms with Crippen molar-refractivity contribution in [3.63, 3.8) is 0 Å². The maximum absolute atomic E-state index is 13.2. The fourth-order valence-electron chi connectivity index (χ4n) is 3.31. The highest BCUT2D eigenvalue weighted by atomic mass is 35.5. The van der Waals surface area contributed by atoms with Crippen molar-refractivity contribution >= 4 is 44.3 Å². The van der Waals surface area contributed by atoms with Crippen molar-refractivity contribution in [3.05, 3.63) is 53.6 Å². The van der Waals surface area contributed by atoms with Crippen molar-refractivity contribution in [1.82, 2.24) is 14.9 Å². The zero-order valence-electron chi connectivity index (χ0n) is 16.3. The normalized spacial score (nSPS) is 15.6. The number of hydrogen-bond donors (Lipinski definition) is 0. The molecular formula is C20H22ClN5O2S. The fraction of sp³-hybridized carbons (Fsp3) is 0.300. The van der Waals surface area contributed by atoms with E-state index < -0.39 is 10.0 Å². The van der Waals surface area contributed by atoms with Crippen LogP contribution in [-0.2, 0) is 10.0 Å². The van der Waals surface area contributed by atoms with Gasteiger partial charge in [0.1, 0.15) is 0 Å². The van der Waals surface area contributed by atoms with Crippen molar-refractivity contribution in [2.75, 3.05) is 49.5 Å². The lowest BCUT2D eigenvalue weighted by atomic mass is 10.2. The molecule has 29 heavy (non-hydrogen) atoms. The van der Waals surface area contributed by atoms with Gasteiger partial charge < -0.3 is 9.80 Å². The molecule has 9 heteroatoms. The predicted molar refractivity (Wildman–Crippen MR) is 116 cm³/mol. The van der Waals surface area contributed by atoms with E-state index in [1.165, 1.54) is 23.5 Å². The maximum Gasteiger partial charge on any atom is 0.265 e. The van der Waals surface area contributed by atoms with Crippen LogP contribution in [0.3, 0.4) is 0 Å². The molecule has 1 aliphatic rings. The average Bonchev–Trinajstić information content (AvgIpc) is 2.73. The number of aromatic nitrogens is 2. The van der Waals surface area contributed by atoms with Gasteiger partial charge in [-0.3, -0.25) is 4.31 Å². The quantitative estimate of drug-likeness (QED) is 0.632. The van der Waals surface area contributed by atoms with Gasteiger partial charge in [0.2, 0.25) is 5.95 Å². The Balaban J connectivity index is 1.80. The number of benzene rings is 2. The van der Waals surface area contributed by atoms with Crippen LogP contribution in [0.2, 0.25) is 5.02 Å². The molecule has 4 rings (SSSR count). The summed E-state index contributed by atoms with van der Waals surface area (Å²) in [7, 11) is -0.199. The SMILES string of the molecule is CN1CCN(c2nc(N(C)S(=O)(=O)c3ccc(Cl)cc3)c3ccccc3n2)CC1. The molecule has 0 unspecified atom stereocenters. The van der Waals surface area contributed by atoms with Crippen LogP contribution in [0, 0.1) is 0 Å². The van der Waals surface area contributed by atoms with E-state index in [2.05, 4.69) is 21.8 Å². The number of anilines is 2. The first-order valence-electron chi connectivity index (χ1n) is 9.31. The van der Waals surface area contributed by atoms with Crippen LogP contribution in [0.5, 0.6) is 0 Å². The van der Waals surface area contributed by atoms with Crippen LogP contribution in [-0.4, -0.2) is 63.6 Å². The summed E-state index contributed by atoms with van der Waals surface area (Å²) in [5.41, 5.74) is 0.713. The summed E-state index contributed by atoms with van der Waals surface area (Å²) >= 11 is 5.92. The molecule has 2 heterocycles. The summed E-state index contributed by atoms with van der Waals surface area (Å²) in [6.07, 6.45) is 0. The van der Waals surface area contributed by atoms with E-state index >= 15 is 0 Å². The molecule has 0 aliphatic carbocycles. The fourth-order valence-corrected chi connectivity index (χ4v) is 4.60. The van der Waals surface area contributed by atoms with Gasteiger partial charge in [0.25, 0.3) is 10.0 Å². The molecule has 7 nitrogen and oxygen atoms in total. The molecule has 1 aromatic heterocycles. The topological polar surface area (TPSA) is 69.6 Å². The smallest absolute Gasteiger partial charge is 0.265 e. The molecule has 2 aromatic carbocycles. The van der Waals surface area contributed by atoms with Gasteiger partial charge in [-0.05, 0) is 43.4 Å². The van der Waals surface area contributed by atoms with E-state index in [0.717, 1.165) is 26.2 Å². The van der Waals surface area contributed by atoms with Crippen LogP contribution in [0.25, 0.3) is 10.9 Å². The molecule has 0 spiro atoms. The highest BCUT2D eigenvalue weighted by molar-refractivity contribution is 7.92. The summed E-state index contributed by atoms with van der Waals surface area (Å²) in [5.74, 6) is 0.907. The molecule has 3 aromatic rings. The number of sulfonamides is 1. The zero-order valence-corrected chi connectivity index (χ0v) is 17.9. The lowest BCUT2D eigenvalue weighted by molar-refractivity contribution is 0.311. The predicted octanol–water partition coefficient (Wildman–Crippen LogP) is 2.86. The minimum Gasteiger partial charge on any atom is -0.338 e. The summed E-state index contributed by atoms with van der Waals surface area (Å²) in [6, 6.07) is 13.6. The number of halogens is 1. The summed E-state index contributed by atoms with van der Waals surface area (Å²) in [6.45, 7) is 3.40. The number of rotatable bonds is 4. The molecule has 1 aliphatic heterocycles. The molecule has 0 radical (unpaired) electrons. The second-order valence-electron chi connectivity index (χ2n) is 7.08. The molecule has 1 saturated heterocycles. The lowest BCUT2D eigenvalue weighted by Gasteiger charge is -2.33. The summed E-state index contributed by atoms with van der Waals surface area (Å²) in [4.78, 5) is 13.9. The number of para-hydroxylation sites is 1. The van der Waals surface area contributed by atoms with E-state index in [-0.39, 0.29) is 4.90 Å². The van der Waals surface area contributed by atoms with E-state index in [4.69, 9.17) is 16.6 Å². The Morgan fingerprint density at radius 2 is 1.62 bits per heavy atom. The van der Waals surface area contributed by atoms with E-state index in [9.17, 15) is 8.42 Å². The molecule has 0 atom stereocenters. The number of nitrogens with zero attached hydrogens (tertiary/aromatic N) is 5. The minimum atomic E-state index is -3.80. The third-order valence-electron chi connectivity index (χ3n) is 5.13. The Kier molecular flexibility index (Phi) is 5.33. The number of hydrogen-bond acceptors (Lipinski definition) is 6. The van der Waals surface area contributed by atoms with Gasteiger partial charge >= 0.3 is 0 Å². The van der Waals surface area contributed by atoms with Gasteiger partial charge in [-0.2, -0.15) is 4.98 Å². The van der Waals surface area contributed by atoms with Crippen molar-refractivity contribution in [1.29, 1.82) is 0 Å². The highest BCUT2D eigenvalue weighted by Crippen LogP contribution is 2.30. The first-order chi connectivity index (χ1) is 13.9. The maximum atomic E-state index is 13.2. The van der Waals surface area contributed by atoms with Gasteiger partial charge in [-0.15, -0.1) is 0 Å². The van der Waals surface area contributed by atoms with Crippen LogP contribution in [0.1, 0.15) is 0 Å². The monoisotopic (exact) mass is 431 g/mol. The largest absolute Gasteiger partial charge is 0.338 e. The molecule has 0 N–H and O–H groups in total. The molecular weight excluding hydrogens is 410 g/mol. The van der Waals surface area contributed by atoms with E-state index in [0.29, 0.717) is 27.7 Å². The number of piperazine rings is 1. The van der Waals surface area contributed by atoms with Crippen LogP contribution < -0.4 is 9.21 Å². The first kappa shape index (κ1) is 19.9. The van der Waals surface area contributed by atoms with Gasteiger partial charge in [0.15, 0.2) is 5.82 Å². The zero-order chi connectivity index (χ0) is 20.6. The molecule has 1 fully saturated rings. The Hall–Kier alpha value is -2.42. The standard InChI is InChI=1S/C20H22ClN5O2S/c1-24-11-13-26(14-12-24)20-22-18-6-4-3-5-17(18)19(23-20)25(2)29(27,28)16-9-7-15(21)8-10-16/h3-10H,11-14H2,1-2H3.